The molecule has 0 aliphatic rings. The molecule has 0 saturated heterocycles. The van der Waals surface area contributed by atoms with Gasteiger partial charge in [0.05, 0.1) is 5.69 Å². The van der Waals surface area contributed by atoms with E-state index in [-0.39, 0.29) is 6.54 Å². The zero-order chi connectivity index (χ0) is 17.7. The molecule has 2 aromatic rings. The average molecular weight is 344 g/mol. The van der Waals surface area contributed by atoms with Crippen molar-refractivity contribution in [3.05, 3.63) is 47.7 Å². The molecule has 1 heterocycles. The summed E-state index contributed by atoms with van der Waals surface area (Å²) in [5, 5.41) is 4.45. The molecule has 0 atom stereocenters. The lowest BCUT2D eigenvalue weighted by atomic mass is 10.2. The van der Waals surface area contributed by atoms with Crippen molar-refractivity contribution < 1.29 is 27.1 Å². The average Bonchev–Trinajstić information content (AvgIpc) is 2.51. The summed E-state index contributed by atoms with van der Waals surface area (Å²) in [4.78, 5) is 15.5. The molecule has 1 aromatic heterocycles. The Balaban J connectivity index is 1.98. The Hall–Kier alpha value is -3.04. The minimum Gasteiger partial charge on any atom is -0.432 e. The van der Waals surface area contributed by atoms with Crippen LogP contribution < -0.4 is 21.1 Å². The summed E-state index contributed by atoms with van der Waals surface area (Å²) in [5.41, 5.74) is 5.52. The fourth-order valence-corrected chi connectivity index (χ4v) is 1.70. The number of carbonyl (C=O) groups excluding carboxylic acids is 1. The predicted molar refractivity (Wildman–Crippen MR) is 77.5 cm³/mol. The second kappa shape index (κ2) is 7.49. The molecule has 0 aliphatic carbocycles. The predicted octanol–water partition coefficient (Wildman–Crippen LogP) is 2.87. The Morgan fingerprint density at radius 2 is 2.00 bits per heavy atom. The molecule has 4 N–H and O–H groups in total. The van der Waals surface area contributed by atoms with Crippen molar-refractivity contribution in [2.45, 2.75) is 13.2 Å². The maximum atomic E-state index is 13.7. The zero-order valence-corrected chi connectivity index (χ0v) is 12.0. The number of nitrogens with two attached hydrogens (primary N) is 1. The summed E-state index contributed by atoms with van der Waals surface area (Å²) in [6, 6.07) is 3.29. The highest BCUT2D eigenvalue weighted by atomic mass is 19.3. The Morgan fingerprint density at radius 3 is 2.62 bits per heavy atom. The first-order valence-corrected chi connectivity index (χ1v) is 6.54. The second-order valence-electron chi connectivity index (χ2n) is 4.54. The van der Waals surface area contributed by atoms with Crippen molar-refractivity contribution in [3.63, 3.8) is 0 Å². The first kappa shape index (κ1) is 17.3. The third kappa shape index (κ3) is 4.73. The van der Waals surface area contributed by atoms with E-state index in [4.69, 9.17) is 5.73 Å². The zero-order valence-electron chi connectivity index (χ0n) is 12.0. The molecule has 128 valence electrons. The summed E-state index contributed by atoms with van der Waals surface area (Å²) < 4.78 is 55.1. The van der Waals surface area contributed by atoms with E-state index >= 15 is 0 Å². The highest BCUT2D eigenvalue weighted by Gasteiger charge is 2.16. The standard InChI is InChI=1S/C14H12F4N4O2/c15-8-4-11(24-13(17)18)9(16)3-10(8)22-14(23)21-6-7-1-2-12(19)20-5-7/h1-5,13H,6H2,(H2,19,20)(H2,21,22,23). The van der Waals surface area contributed by atoms with E-state index in [1.54, 1.807) is 6.07 Å². The smallest absolute Gasteiger partial charge is 0.387 e. The number of halogens is 4. The number of rotatable bonds is 5. The highest BCUT2D eigenvalue weighted by molar-refractivity contribution is 5.89. The van der Waals surface area contributed by atoms with E-state index in [2.05, 4.69) is 20.4 Å². The molecule has 2 amide bonds. The highest BCUT2D eigenvalue weighted by Crippen LogP contribution is 2.26. The maximum Gasteiger partial charge on any atom is 0.387 e. The Bertz CT molecular complexity index is 725. The van der Waals surface area contributed by atoms with Crippen molar-refractivity contribution in [3.8, 4) is 5.75 Å². The number of hydrogen-bond acceptors (Lipinski definition) is 4. The van der Waals surface area contributed by atoms with E-state index < -0.39 is 35.7 Å². The van der Waals surface area contributed by atoms with Crippen molar-refractivity contribution in [2.75, 3.05) is 11.1 Å². The SMILES string of the molecule is Nc1ccc(CNC(=O)Nc2cc(F)c(OC(F)F)cc2F)cn1. The molecule has 10 heteroatoms. The number of nitrogens with one attached hydrogen (secondary N) is 2. The van der Waals surface area contributed by atoms with Crippen molar-refractivity contribution >= 4 is 17.5 Å². The lowest BCUT2D eigenvalue weighted by Crippen LogP contribution is -2.28. The summed E-state index contributed by atoms with van der Waals surface area (Å²) >= 11 is 0. The Kier molecular flexibility index (Phi) is 5.40. The molecule has 0 aliphatic heterocycles. The molecule has 24 heavy (non-hydrogen) atoms. The van der Waals surface area contributed by atoms with Gasteiger partial charge in [0.2, 0.25) is 0 Å². The van der Waals surface area contributed by atoms with Crippen LogP contribution in [0.15, 0.2) is 30.5 Å². The normalized spacial score (nSPS) is 10.5. The maximum absolute atomic E-state index is 13.7. The first-order chi connectivity index (χ1) is 11.3. The lowest BCUT2D eigenvalue weighted by Gasteiger charge is -2.11. The molecule has 0 spiro atoms. The number of hydrogen-bond donors (Lipinski definition) is 3. The molecule has 2 rings (SSSR count). The minimum atomic E-state index is -3.30. The third-order valence-corrected chi connectivity index (χ3v) is 2.79. The van der Waals surface area contributed by atoms with Gasteiger partial charge in [0.1, 0.15) is 5.82 Å². The fourth-order valence-electron chi connectivity index (χ4n) is 1.70. The quantitative estimate of drug-likeness (QED) is 0.728. The van der Waals surface area contributed by atoms with Gasteiger partial charge in [0, 0.05) is 24.9 Å². The van der Waals surface area contributed by atoms with Gasteiger partial charge in [-0.25, -0.2) is 18.6 Å². The number of anilines is 2. The largest absolute Gasteiger partial charge is 0.432 e. The van der Waals surface area contributed by atoms with Gasteiger partial charge in [-0.15, -0.1) is 0 Å². The van der Waals surface area contributed by atoms with Gasteiger partial charge < -0.3 is 21.1 Å². The number of amides is 2. The van der Waals surface area contributed by atoms with Crippen LogP contribution in [0.4, 0.5) is 33.9 Å². The van der Waals surface area contributed by atoms with E-state index in [0.717, 1.165) is 0 Å². The Morgan fingerprint density at radius 1 is 1.25 bits per heavy atom. The van der Waals surface area contributed by atoms with E-state index in [9.17, 15) is 22.4 Å². The molecule has 0 fully saturated rings. The van der Waals surface area contributed by atoms with Gasteiger partial charge in [0.15, 0.2) is 17.4 Å². The number of benzene rings is 1. The van der Waals surface area contributed by atoms with E-state index in [1.165, 1.54) is 12.3 Å². The minimum absolute atomic E-state index is 0.0653. The molecule has 0 saturated carbocycles. The molecule has 6 nitrogen and oxygen atoms in total. The van der Waals surface area contributed by atoms with Crippen molar-refractivity contribution in [2.24, 2.45) is 0 Å². The van der Waals surface area contributed by atoms with Crippen LogP contribution in [0.2, 0.25) is 0 Å². The molecular formula is C14H12F4N4O2. The van der Waals surface area contributed by atoms with Crippen LogP contribution in [-0.2, 0) is 6.54 Å². The number of nitrogen functional groups attached to an aromatic ring is 1. The van der Waals surface area contributed by atoms with Crippen LogP contribution in [-0.4, -0.2) is 17.6 Å². The lowest BCUT2D eigenvalue weighted by molar-refractivity contribution is -0.0523. The fraction of sp³-hybridized carbons (Fsp3) is 0.143. The summed E-state index contributed by atoms with van der Waals surface area (Å²) in [6.45, 7) is -3.23. The number of ether oxygens (including phenoxy) is 1. The van der Waals surface area contributed by atoms with Crippen molar-refractivity contribution in [1.29, 1.82) is 0 Å². The Labute approximate surface area is 133 Å². The van der Waals surface area contributed by atoms with Crippen molar-refractivity contribution in [1.82, 2.24) is 10.3 Å². The van der Waals surface area contributed by atoms with Gasteiger partial charge >= 0.3 is 12.6 Å². The third-order valence-electron chi connectivity index (χ3n) is 2.79. The molecule has 1 aromatic carbocycles. The number of alkyl halides is 2. The van der Waals surface area contributed by atoms with E-state index in [0.29, 0.717) is 23.5 Å². The van der Waals surface area contributed by atoms with Gasteiger partial charge in [0.25, 0.3) is 0 Å². The number of aromatic nitrogens is 1. The number of carbonyl (C=O) groups is 1. The molecule has 0 bridgehead atoms. The van der Waals surface area contributed by atoms with Crippen LogP contribution in [0, 0.1) is 11.6 Å². The molecular weight excluding hydrogens is 332 g/mol. The van der Waals surface area contributed by atoms with Crippen LogP contribution >= 0.6 is 0 Å². The number of pyridine rings is 1. The van der Waals surface area contributed by atoms with Gasteiger partial charge in [-0.1, -0.05) is 6.07 Å². The molecule has 0 unspecified atom stereocenters. The molecule has 0 radical (unpaired) electrons. The summed E-state index contributed by atoms with van der Waals surface area (Å²) in [5.74, 6) is -3.01. The van der Waals surface area contributed by atoms with Crippen LogP contribution in [0.3, 0.4) is 0 Å². The van der Waals surface area contributed by atoms with Gasteiger partial charge in [-0.05, 0) is 11.6 Å². The second-order valence-corrected chi connectivity index (χ2v) is 4.54. The monoisotopic (exact) mass is 344 g/mol. The van der Waals surface area contributed by atoms with Gasteiger partial charge in [-0.2, -0.15) is 8.78 Å². The van der Waals surface area contributed by atoms with Crippen LogP contribution in [0.5, 0.6) is 5.75 Å². The van der Waals surface area contributed by atoms with Gasteiger partial charge in [-0.3, -0.25) is 0 Å². The summed E-state index contributed by atoms with van der Waals surface area (Å²) in [6.07, 6.45) is 1.44. The number of nitrogens with zero attached hydrogens (tertiary/aromatic N) is 1. The summed E-state index contributed by atoms with van der Waals surface area (Å²) in [7, 11) is 0. The van der Waals surface area contributed by atoms with Crippen LogP contribution in [0.1, 0.15) is 5.56 Å². The number of urea groups is 1. The van der Waals surface area contributed by atoms with E-state index in [1.807, 2.05) is 0 Å². The van der Waals surface area contributed by atoms with Crippen LogP contribution in [0.25, 0.3) is 0 Å². The topological polar surface area (TPSA) is 89.3 Å². The first-order valence-electron chi connectivity index (χ1n) is 6.54.